The van der Waals surface area contributed by atoms with Gasteiger partial charge in [-0.2, -0.15) is 0 Å². The second kappa shape index (κ2) is 6.47. The van der Waals surface area contributed by atoms with Crippen molar-refractivity contribution in [2.75, 3.05) is 5.88 Å². The summed E-state index contributed by atoms with van der Waals surface area (Å²) in [5, 5.41) is 10.4. The zero-order valence-corrected chi connectivity index (χ0v) is 14.8. The summed E-state index contributed by atoms with van der Waals surface area (Å²) < 4.78 is 4.65. The third-order valence-corrected chi connectivity index (χ3v) is 6.77. The number of nitrogens with zero attached hydrogens (tertiary/aromatic N) is 2. The molecule has 4 atom stereocenters. The van der Waals surface area contributed by atoms with Gasteiger partial charge >= 0.3 is 5.97 Å². The van der Waals surface area contributed by atoms with Crippen LogP contribution in [0, 0.1) is 10.1 Å². The predicted molar refractivity (Wildman–Crippen MR) is 92.0 cm³/mol. The van der Waals surface area contributed by atoms with E-state index in [9.17, 15) is 19.7 Å². The lowest BCUT2D eigenvalue weighted by atomic mass is 9.96. The molecule has 25 heavy (non-hydrogen) atoms. The molecule has 1 aromatic rings. The smallest absolute Gasteiger partial charge is 0.330 e. The number of halogens is 1. The maximum Gasteiger partial charge on any atom is 0.330 e. The Bertz CT molecular complexity index is 730. The molecule has 1 aromatic carbocycles. The number of rotatable bonds is 5. The fraction of sp³-hybridized carbons (Fsp3) is 0.467. The molecule has 2 aliphatic rings. The number of carbonyl (C=O) groups is 2. The fourth-order valence-electron chi connectivity index (χ4n) is 2.96. The van der Waals surface area contributed by atoms with Crippen molar-refractivity contribution in [1.82, 2.24) is 4.90 Å². The number of esters is 1. The van der Waals surface area contributed by atoms with Crippen molar-refractivity contribution in [2.45, 2.75) is 35.7 Å². The summed E-state index contributed by atoms with van der Waals surface area (Å²) in [5.41, 5.74) is 6.36. The highest BCUT2D eigenvalue weighted by Crippen LogP contribution is 2.51. The van der Waals surface area contributed by atoms with Crippen LogP contribution in [0.25, 0.3) is 0 Å². The Morgan fingerprint density at radius 1 is 1.48 bits per heavy atom. The van der Waals surface area contributed by atoms with E-state index in [2.05, 4.69) is 0 Å². The summed E-state index contributed by atoms with van der Waals surface area (Å²) in [6.07, 6.45) is 0. The van der Waals surface area contributed by atoms with E-state index >= 15 is 0 Å². The lowest BCUT2D eigenvalue weighted by Crippen LogP contribution is -2.69. The van der Waals surface area contributed by atoms with Crippen molar-refractivity contribution < 1.29 is 19.2 Å². The molecule has 4 unspecified atom stereocenters. The minimum atomic E-state index is -0.801. The molecule has 0 bridgehead atoms. The largest absolute Gasteiger partial charge is 0.459 e. The number of ether oxygens (including phenoxy) is 1. The fourth-order valence-corrected chi connectivity index (χ4v) is 4.85. The highest BCUT2D eigenvalue weighted by atomic mass is 35.5. The molecule has 2 saturated heterocycles. The van der Waals surface area contributed by atoms with Crippen LogP contribution in [0.15, 0.2) is 24.3 Å². The number of hydrogen-bond donors (Lipinski definition) is 1. The van der Waals surface area contributed by atoms with Crippen LogP contribution in [0.2, 0.25) is 0 Å². The molecule has 0 spiro atoms. The third-order valence-electron chi connectivity index (χ3n) is 4.38. The minimum absolute atomic E-state index is 0.0417. The monoisotopic (exact) mass is 385 g/mol. The second-order valence-electron chi connectivity index (χ2n) is 6.16. The van der Waals surface area contributed by atoms with Crippen molar-refractivity contribution in [2.24, 2.45) is 5.73 Å². The molecule has 0 aromatic heterocycles. The first kappa shape index (κ1) is 18.0. The van der Waals surface area contributed by atoms with Gasteiger partial charge in [-0.3, -0.25) is 14.9 Å². The number of benzene rings is 1. The zero-order valence-electron chi connectivity index (χ0n) is 13.3. The first-order valence-electron chi connectivity index (χ1n) is 7.50. The predicted octanol–water partition coefficient (Wildman–Crippen LogP) is 1.25. The molecule has 3 rings (SSSR count). The Hall–Kier alpha value is -1.84. The normalized spacial score (nSPS) is 30.6. The average molecular weight is 386 g/mol. The van der Waals surface area contributed by atoms with Gasteiger partial charge < -0.3 is 15.4 Å². The van der Waals surface area contributed by atoms with E-state index in [0.29, 0.717) is 5.56 Å². The number of thioether (sulfide) groups is 1. The van der Waals surface area contributed by atoms with Gasteiger partial charge in [-0.1, -0.05) is 0 Å². The van der Waals surface area contributed by atoms with E-state index in [1.54, 1.807) is 6.92 Å². The Labute approximate surface area is 152 Å². The van der Waals surface area contributed by atoms with Gasteiger partial charge in [-0.05, 0) is 24.6 Å². The number of carbonyl (C=O) groups excluding carboxylic acids is 2. The lowest BCUT2D eigenvalue weighted by molar-refractivity contribution is -0.384. The number of fused-ring (bicyclic) bond motifs is 1. The SMILES string of the molecule is CC1(CCl)SC2C(N)C(=O)N2C1C(=O)OCc1ccc([N+](=O)[O-])cc1. The summed E-state index contributed by atoms with van der Waals surface area (Å²) in [5.74, 6) is -0.678. The number of nitrogens with two attached hydrogens (primary N) is 1. The van der Waals surface area contributed by atoms with Gasteiger partial charge in [-0.15, -0.1) is 23.4 Å². The second-order valence-corrected chi connectivity index (χ2v) is 8.08. The standard InChI is InChI=1S/C15H16ClN3O5S/c1-15(7-16)11(18-12(20)10(17)13(18)25-15)14(21)24-6-8-2-4-9(5-3-8)19(22)23/h2-5,10-11,13H,6-7,17H2,1H3. The molecule has 0 saturated carbocycles. The van der Waals surface area contributed by atoms with Gasteiger partial charge in [0.2, 0.25) is 5.91 Å². The summed E-state index contributed by atoms with van der Waals surface area (Å²) >= 11 is 7.44. The van der Waals surface area contributed by atoms with Gasteiger partial charge in [0.25, 0.3) is 5.69 Å². The zero-order chi connectivity index (χ0) is 18.4. The first-order valence-corrected chi connectivity index (χ1v) is 8.91. The van der Waals surface area contributed by atoms with E-state index in [0.717, 1.165) is 0 Å². The Morgan fingerprint density at radius 3 is 2.68 bits per heavy atom. The number of nitro benzene ring substituents is 1. The molecule has 0 radical (unpaired) electrons. The molecular weight excluding hydrogens is 370 g/mol. The van der Waals surface area contributed by atoms with Crippen LogP contribution < -0.4 is 5.73 Å². The van der Waals surface area contributed by atoms with E-state index in [1.165, 1.54) is 40.9 Å². The van der Waals surface area contributed by atoms with Crippen molar-refractivity contribution in [1.29, 1.82) is 0 Å². The number of β-lactam (4-membered cyclic amide) rings is 1. The summed E-state index contributed by atoms with van der Waals surface area (Å²) in [6, 6.07) is 4.29. The Balaban J connectivity index is 1.69. The highest BCUT2D eigenvalue weighted by Gasteiger charge is 2.64. The van der Waals surface area contributed by atoms with Crippen molar-refractivity contribution in [3.05, 3.63) is 39.9 Å². The van der Waals surface area contributed by atoms with Crippen molar-refractivity contribution in [3.8, 4) is 0 Å². The van der Waals surface area contributed by atoms with Gasteiger partial charge in [-0.25, -0.2) is 4.79 Å². The number of hydrogen-bond acceptors (Lipinski definition) is 7. The van der Waals surface area contributed by atoms with Crippen LogP contribution in [0.5, 0.6) is 0 Å². The van der Waals surface area contributed by atoms with Crippen LogP contribution in [-0.2, 0) is 20.9 Å². The number of non-ortho nitro benzene ring substituents is 1. The molecule has 0 aliphatic carbocycles. The quantitative estimate of drug-likeness (QED) is 0.266. The van der Waals surface area contributed by atoms with Gasteiger partial charge in [0.05, 0.1) is 9.67 Å². The van der Waals surface area contributed by atoms with Crippen LogP contribution in [0.3, 0.4) is 0 Å². The van der Waals surface area contributed by atoms with Gasteiger partial charge in [0, 0.05) is 18.0 Å². The van der Waals surface area contributed by atoms with Gasteiger partial charge in [0.15, 0.2) is 0 Å². The molecule has 2 N–H and O–H groups in total. The summed E-state index contributed by atoms with van der Waals surface area (Å²) in [7, 11) is 0. The molecule has 134 valence electrons. The van der Waals surface area contributed by atoms with Crippen LogP contribution in [0.4, 0.5) is 5.69 Å². The van der Waals surface area contributed by atoms with Gasteiger partial charge in [0.1, 0.15) is 24.1 Å². The van der Waals surface area contributed by atoms with Crippen LogP contribution >= 0.6 is 23.4 Å². The Morgan fingerprint density at radius 2 is 2.12 bits per heavy atom. The maximum absolute atomic E-state index is 12.6. The summed E-state index contributed by atoms with van der Waals surface area (Å²) in [4.78, 5) is 36.2. The van der Waals surface area contributed by atoms with Crippen LogP contribution in [-0.4, -0.2) is 49.8 Å². The Kier molecular flexibility index (Phi) is 4.65. The topological polar surface area (TPSA) is 116 Å². The third kappa shape index (κ3) is 2.96. The number of amides is 1. The van der Waals surface area contributed by atoms with E-state index in [1.807, 2.05) is 0 Å². The molecule has 8 nitrogen and oxygen atoms in total. The minimum Gasteiger partial charge on any atom is -0.459 e. The summed E-state index contributed by atoms with van der Waals surface area (Å²) in [6.45, 7) is 1.76. The molecule has 2 fully saturated rings. The molecular formula is C15H16ClN3O5S. The molecule has 2 heterocycles. The molecule has 2 aliphatic heterocycles. The molecule has 1 amide bonds. The number of alkyl halides is 1. The van der Waals surface area contributed by atoms with Crippen molar-refractivity contribution in [3.63, 3.8) is 0 Å². The van der Waals surface area contributed by atoms with Crippen LogP contribution in [0.1, 0.15) is 12.5 Å². The first-order chi connectivity index (χ1) is 11.8. The number of nitro groups is 1. The van der Waals surface area contributed by atoms with E-state index < -0.39 is 27.7 Å². The van der Waals surface area contributed by atoms with E-state index in [-0.39, 0.29) is 29.5 Å². The molecule has 10 heteroatoms. The maximum atomic E-state index is 12.6. The van der Waals surface area contributed by atoms with E-state index in [4.69, 9.17) is 22.1 Å². The average Bonchev–Trinajstić information content (AvgIpc) is 2.90. The van der Waals surface area contributed by atoms with Crippen molar-refractivity contribution >= 4 is 40.9 Å². The lowest BCUT2D eigenvalue weighted by Gasteiger charge is -2.42. The highest BCUT2D eigenvalue weighted by molar-refractivity contribution is 8.01.